The molecule has 1 amide bonds. The van der Waals surface area contributed by atoms with Crippen LogP contribution in [0.2, 0.25) is 0 Å². The molecule has 0 aliphatic heterocycles. The summed E-state index contributed by atoms with van der Waals surface area (Å²) >= 11 is 0. The third kappa shape index (κ3) is 4.46. The Kier molecular flexibility index (Phi) is 4.73. The lowest BCUT2D eigenvalue weighted by molar-refractivity contribution is 0.186. The van der Waals surface area contributed by atoms with Crippen molar-refractivity contribution in [3.05, 3.63) is 0 Å². The van der Waals surface area contributed by atoms with Crippen LogP contribution in [0.1, 0.15) is 45.4 Å². The number of amides is 1. The highest BCUT2D eigenvalue weighted by Crippen LogP contribution is 2.17. The predicted octanol–water partition coefficient (Wildman–Crippen LogP) is 1.91. The zero-order valence-corrected chi connectivity index (χ0v) is 8.75. The molecule has 1 saturated carbocycles. The maximum absolute atomic E-state index is 10.4. The third-order valence-electron chi connectivity index (χ3n) is 2.68. The molecule has 0 spiro atoms. The molecule has 82 valence electrons. The van der Waals surface area contributed by atoms with E-state index in [2.05, 4.69) is 10.6 Å². The Bertz CT molecular complexity index is 177. The molecule has 0 aromatic carbocycles. The summed E-state index contributed by atoms with van der Waals surface area (Å²) in [6, 6.07) is 0.486. The van der Waals surface area contributed by atoms with Crippen LogP contribution in [-0.4, -0.2) is 23.4 Å². The summed E-state index contributed by atoms with van der Waals surface area (Å²) < 4.78 is 0. The molecule has 0 aromatic heterocycles. The van der Waals surface area contributed by atoms with Crippen LogP contribution in [0.25, 0.3) is 0 Å². The van der Waals surface area contributed by atoms with Crippen molar-refractivity contribution >= 4 is 6.09 Å². The average Bonchev–Trinajstić information content (AvgIpc) is 2.31. The first-order valence-electron chi connectivity index (χ1n) is 5.44. The van der Waals surface area contributed by atoms with E-state index in [1.807, 2.05) is 6.92 Å². The van der Waals surface area contributed by atoms with E-state index in [0.29, 0.717) is 6.04 Å². The summed E-state index contributed by atoms with van der Waals surface area (Å²) in [4.78, 5) is 10.4. The molecule has 0 saturated heterocycles. The zero-order valence-electron chi connectivity index (χ0n) is 8.75. The Labute approximate surface area is 85.1 Å². The first-order chi connectivity index (χ1) is 6.68. The highest BCUT2D eigenvalue weighted by Gasteiger charge is 2.14. The fourth-order valence-corrected chi connectivity index (χ4v) is 2.03. The Hall–Kier alpha value is -0.770. The fourth-order valence-electron chi connectivity index (χ4n) is 2.03. The topological polar surface area (TPSA) is 61.4 Å². The van der Waals surface area contributed by atoms with Gasteiger partial charge in [-0.15, -0.1) is 0 Å². The smallest absolute Gasteiger partial charge is 0.405 e. The van der Waals surface area contributed by atoms with E-state index in [1.54, 1.807) is 0 Å². The minimum atomic E-state index is -0.960. The minimum Gasteiger partial charge on any atom is -0.465 e. The van der Waals surface area contributed by atoms with E-state index in [-0.39, 0.29) is 6.17 Å². The maximum atomic E-state index is 10.4. The van der Waals surface area contributed by atoms with Gasteiger partial charge in [0.1, 0.15) is 0 Å². The molecule has 0 radical (unpaired) electrons. The average molecular weight is 200 g/mol. The fraction of sp³-hybridized carbons (Fsp3) is 0.900. The van der Waals surface area contributed by atoms with Crippen LogP contribution in [0.15, 0.2) is 0 Å². The van der Waals surface area contributed by atoms with Crippen molar-refractivity contribution in [2.24, 2.45) is 0 Å². The van der Waals surface area contributed by atoms with Crippen LogP contribution in [0, 0.1) is 0 Å². The van der Waals surface area contributed by atoms with E-state index in [9.17, 15) is 4.79 Å². The first kappa shape index (κ1) is 11.3. The molecule has 0 bridgehead atoms. The molecule has 4 heteroatoms. The lowest BCUT2D eigenvalue weighted by Crippen LogP contribution is -2.47. The normalized spacial score (nSPS) is 21.2. The summed E-state index contributed by atoms with van der Waals surface area (Å²) in [6.07, 6.45) is 6.40. The van der Waals surface area contributed by atoms with Crippen LogP contribution in [0.5, 0.6) is 0 Å². The summed E-state index contributed by atoms with van der Waals surface area (Å²) in [5, 5.41) is 14.2. The Morgan fingerprint density at radius 3 is 2.36 bits per heavy atom. The molecule has 0 heterocycles. The van der Waals surface area contributed by atoms with Gasteiger partial charge in [0, 0.05) is 6.04 Å². The molecule has 1 atom stereocenters. The third-order valence-corrected chi connectivity index (χ3v) is 2.68. The van der Waals surface area contributed by atoms with Gasteiger partial charge >= 0.3 is 6.09 Å². The molecule has 4 nitrogen and oxygen atoms in total. The van der Waals surface area contributed by atoms with E-state index in [1.165, 1.54) is 38.5 Å². The van der Waals surface area contributed by atoms with E-state index in [0.717, 1.165) is 0 Å². The Morgan fingerprint density at radius 1 is 1.29 bits per heavy atom. The lowest BCUT2D eigenvalue weighted by Gasteiger charge is -2.21. The number of carboxylic acid groups (broad SMARTS) is 1. The molecule has 1 aliphatic rings. The quantitative estimate of drug-likeness (QED) is 0.482. The number of hydrogen-bond donors (Lipinski definition) is 3. The van der Waals surface area contributed by atoms with E-state index >= 15 is 0 Å². The predicted molar refractivity (Wildman–Crippen MR) is 55.2 cm³/mol. The van der Waals surface area contributed by atoms with Gasteiger partial charge in [0.2, 0.25) is 0 Å². The van der Waals surface area contributed by atoms with Crippen molar-refractivity contribution < 1.29 is 9.90 Å². The monoisotopic (exact) mass is 200 g/mol. The molecular weight excluding hydrogens is 180 g/mol. The molecule has 1 aliphatic carbocycles. The van der Waals surface area contributed by atoms with Crippen LogP contribution in [-0.2, 0) is 0 Å². The van der Waals surface area contributed by atoms with Gasteiger partial charge in [-0.1, -0.05) is 25.7 Å². The molecule has 14 heavy (non-hydrogen) atoms. The summed E-state index contributed by atoms with van der Waals surface area (Å²) in [5.41, 5.74) is 0. The van der Waals surface area contributed by atoms with Crippen LogP contribution in [0.3, 0.4) is 0 Å². The molecule has 1 rings (SSSR count). The number of carbonyl (C=O) groups is 1. The van der Waals surface area contributed by atoms with Gasteiger partial charge in [-0.25, -0.2) is 4.79 Å². The van der Waals surface area contributed by atoms with Gasteiger partial charge in [-0.2, -0.15) is 0 Å². The second kappa shape index (κ2) is 5.86. The highest BCUT2D eigenvalue weighted by molar-refractivity contribution is 5.64. The van der Waals surface area contributed by atoms with Crippen molar-refractivity contribution in [3.8, 4) is 0 Å². The van der Waals surface area contributed by atoms with Crippen LogP contribution in [0.4, 0.5) is 4.79 Å². The summed E-state index contributed by atoms with van der Waals surface area (Å²) in [6.45, 7) is 1.85. The highest BCUT2D eigenvalue weighted by atomic mass is 16.4. The number of nitrogens with one attached hydrogen (secondary N) is 2. The van der Waals surface area contributed by atoms with Crippen molar-refractivity contribution in [3.63, 3.8) is 0 Å². The van der Waals surface area contributed by atoms with Crippen molar-refractivity contribution in [1.82, 2.24) is 10.6 Å². The van der Waals surface area contributed by atoms with Crippen molar-refractivity contribution in [1.29, 1.82) is 0 Å². The molecule has 1 unspecified atom stereocenters. The van der Waals surface area contributed by atoms with Gasteiger partial charge in [0.05, 0.1) is 6.17 Å². The number of rotatable bonds is 3. The lowest BCUT2D eigenvalue weighted by atomic mass is 10.1. The molecule has 1 fully saturated rings. The van der Waals surface area contributed by atoms with Gasteiger partial charge in [0.15, 0.2) is 0 Å². The van der Waals surface area contributed by atoms with Gasteiger partial charge in [-0.3, -0.25) is 5.32 Å². The van der Waals surface area contributed by atoms with Crippen molar-refractivity contribution in [2.45, 2.75) is 57.7 Å². The largest absolute Gasteiger partial charge is 0.465 e. The summed E-state index contributed by atoms with van der Waals surface area (Å²) in [5.74, 6) is 0. The number of hydrogen-bond acceptors (Lipinski definition) is 2. The second-order valence-corrected chi connectivity index (χ2v) is 4.03. The molecule has 3 N–H and O–H groups in total. The summed E-state index contributed by atoms with van der Waals surface area (Å²) in [7, 11) is 0. The zero-order chi connectivity index (χ0) is 10.4. The van der Waals surface area contributed by atoms with E-state index < -0.39 is 6.09 Å². The Morgan fingerprint density at radius 2 is 1.86 bits per heavy atom. The Balaban J connectivity index is 2.23. The standard InChI is InChI=1S/C10H20N2O2/c1-8(12-10(13)14)11-9-6-4-2-3-5-7-9/h8-9,11-12H,2-7H2,1H3,(H,13,14). The minimum absolute atomic E-state index is 0.143. The van der Waals surface area contributed by atoms with Crippen LogP contribution >= 0.6 is 0 Å². The van der Waals surface area contributed by atoms with Crippen LogP contribution < -0.4 is 10.6 Å². The molecule has 0 aromatic rings. The first-order valence-corrected chi connectivity index (χ1v) is 5.44. The maximum Gasteiger partial charge on any atom is 0.405 e. The second-order valence-electron chi connectivity index (χ2n) is 4.03. The molecular formula is C10H20N2O2. The van der Waals surface area contributed by atoms with E-state index in [4.69, 9.17) is 5.11 Å². The SMILES string of the molecule is CC(NC(=O)O)NC1CCCCCC1. The van der Waals surface area contributed by atoms with Gasteiger partial charge < -0.3 is 10.4 Å². The van der Waals surface area contributed by atoms with Crippen molar-refractivity contribution in [2.75, 3.05) is 0 Å². The van der Waals surface area contributed by atoms with Gasteiger partial charge in [-0.05, 0) is 19.8 Å². The van der Waals surface area contributed by atoms with Gasteiger partial charge in [0.25, 0.3) is 0 Å².